The standard InChI is InChI=1S/C23H26N4O4/c1-4-30-19-13-9-8-12-18(19)24-23(29)22(17-10-6-5-7-11-17)27(3)15-21(28)25-20-14-16(2)31-26-20/h5-14,22H,4,15H2,1-3H3,(H,24,29)(H,25,26,28). The van der Waals surface area contributed by atoms with E-state index in [-0.39, 0.29) is 18.4 Å². The summed E-state index contributed by atoms with van der Waals surface area (Å²) in [6.07, 6.45) is 0. The summed E-state index contributed by atoms with van der Waals surface area (Å²) < 4.78 is 10.6. The first-order chi connectivity index (χ1) is 15.0. The lowest BCUT2D eigenvalue weighted by molar-refractivity contribution is -0.123. The Hall–Kier alpha value is -3.65. The topological polar surface area (TPSA) is 96.7 Å². The summed E-state index contributed by atoms with van der Waals surface area (Å²) in [5.41, 5.74) is 1.34. The number of benzene rings is 2. The molecule has 0 saturated heterocycles. The van der Waals surface area contributed by atoms with E-state index in [0.717, 1.165) is 5.56 Å². The van der Waals surface area contributed by atoms with Crippen molar-refractivity contribution in [3.8, 4) is 5.75 Å². The minimum absolute atomic E-state index is 0.0218. The van der Waals surface area contributed by atoms with Crippen molar-refractivity contribution in [1.82, 2.24) is 10.1 Å². The number of anilines is 2. The van der Waals surface area contributed by atoms with E-state index in [1.165, 1.54) is 0 Å². The van der Waals surface area contributed by atoms with Gasteiger partial charge in [-0.25, -0.2) is 0 Å². The highest BCUT2D eigenvalue weighted by Crippen LogP contribution is 2.27. The molecule has 3 aromatic rings. The van der Waals surface area contributed by atoms with Gasteiger partial charge in [-0.2, -0.15) is 0 Å². The molecule has 2 N–H and O–H groups in total. The van der Waals surface area contributed by atoms with Crippen LogP contribution in [0.4, 0.5) is 11.5 Å². The summed E-state index contributed by atoms with van der Waals surface area (Å²) in [7, 11) is 1.72. The molecule has 0 aliphatic carbocycles. The molecule has 1 unspecified atom stereocenters. The fourth-order valence-electron chi connectivity index (χ4n) is 3.22. The van der Waals surface area contributed by atoms with Crippen molar-refractivity contribution in [3.63, 3.8) is 0 Å². The van der Waals surface area contributed by atoms with Crippen LogP contribution in [0.25, 0.3) is 0 Å². The van der Waals surface area contributed by atoms with Gasteiger partial charge in [0.05, 0.1) is 18.8 Å². The summed E-state index contributed by atoms with van der Waals surface area (Å²) in [5, 5.41) is 9.38. The molecule has 1 aromatic heterocycles. The van der Waals surface area contributed by atoms with Crippen molar-refractivity contribution in [2.75, 3.05) is 30.8 Å². The number of rotatable bonds is 9. The SMILES string of the molecule is CCOc1ccccc1NC(=O)C(c1ccccc1)N(C)CC(=O)Nc1cc(C)on1. The number of nitrogens with zero attached hydrogens (tertiary/aromatic N) is 2. The van der Waals surface area contributed by atoms with Crippen LogP contribution < -0.4 is 15.4 Å². The molecule has 31 heavy (non-hydrogen) atoms. The fourth-order valence-corrected chi connectivity index (χ4v) is 3.22. The minimum atomic E-state index is -0.694. The molecule has 0 radical (unpaired) electrons. The maximum Gasteiger partial charge on any atom is 0.246 e. The number of carbonyl (C=O) groups excluding carboxylic acids is 2. The number of hydrogen-bond acceptors (Lipinski definition) is 6. The van der Waals surface area contributed by atoms with Gasteiger partial charge < -0.3 is 19.9 Å². The summed E-state index contributed by atoms with van der Waals surface area (Å²) >= 11 is 0. The number of aryl methyl sites for hydroxylation is 1. The van der Waals surface area contributed by atoms with Gasteiger partial charge in [0.15, 0.2) is 5.82 Å². The van der Waals surface area contributed by atoms with Crippen LogP contribution in [0.3, 0.4) is 0 Å². The molecule has 3 rings (SSSR count). The van der Waals surface area contributed by atoms with Crippen molar-refractivity contribution in [1.29, 1.82) is 0 Å². The molecule has 8 nitrogen and oxygen atoms in total. The van der Waals surface area contributed by atoms with Crippen molar-refractivity contribution in [2.45, 2.75) is 19.9 Å². The van der Waals surface area contributed by atoms with Crippen molar-refractivity contribution < 1.29 is 18.8 Å². The Kier molecular flexibility index (Phi) is 7.40. The molecule has 0 bridgehead atoms. The molecular weight excluding hydrogens is 396 g/mol. The number of likely N-dealkylation sites (N-methyl/N-ethyl adjacent to an activating group) is 1. The summed E-state index contributed by atoms with van der Waals surface area (Å²) in [5.74, 6) is 0.942. The smallest absolute Gasteiger partial charge is 0.246 e. The third kappa shape index (κ3) is 5.93. The van der Waals surface area contributed by atoms with Crippen LogP contribution in [0.15, 0.2) is 65.2 Å². The van der Waals surface area contributed by atoms with Crippen molar-refractivity contribution >= 4 is 23.3 Å². The molecular formula is C23H26N4O4. The molecule has 162 valence electrons. The molecule has 2 amide bonds. The zero-order chi connectivity index (χ0) is 22.2. The number of aromatic nitrogens is 1. The lowest BCUT2D eigenvalue weighted by Gasteiger charge is -2.27. The van der Waals surface area contributed by atoms with Gasteiger partial charge in [0.1, 0.15) is 17.6 Å². The Bertz CT molecular complexity index is 1020. The fraction of sp³-hybridized carbons (Fsp3) is 0.261. The Balaban J connectivity index is 1.78. The second-order valence-corrected chi connectivity index (χ2v) is 7.02. The minimum Gasteiger partial charge on any atom is -0.492 e. The molecule has 1 atom stereocenters. The first-order valence-electron chi connectivity index (χ1n) is 9.99. The van der Waals surface area contributed by atoms with Gasteiger partial charge in [0.25, 0.3) is 0 Å². The highest BCUT2D eigenvalue weighted by molar-refractivity contribution is 5.97. The Labute approximate surface area is 181 Å². The van der Waals surface area contributed by atoms with Gasteiger partial charge in [0.2, 0.25) is 11.8 Å². The molecule has 1 heterocycles. The van der Waals surface area contributed by atoms with Gasteiger partial charge >= 0.3 is 0 Å². The highest BCUT2D eigenvalue weighted by Gasteiger charge is 2.27. The molecule has 0 aliphatic heterocycles. The number of para-hydroxylation sites is 2. The van der Waals surface area contributed by atoms with Crippen LogP contribution >= 0.6 is 0 Å². The Morgan fingerprint density at radius 3 is 2.48 bits per heavy atom. The predicted octanol–water partition coefficient (Wildman–Crippen LogP) is 3.63. The Morgan fingerprint density at radius 2 is 1.81 bits per heavy atom. The van der Waals surface area contributed by atoms with E-state index in [2.05, 4.69) is 15.8 Å². The second-order valence-electron chi connectivity index (χ2n) is 7.02. The molecule has 2 aromatic carbocycles. The van der Waals surface area contributed by atoms with Gasteiger partial charge in [-0.05, 0) is 38.6 Å². The van der Waals surface area contributed by atoms with Crippen LogP contribution in [0.1, 0.15) is 24.3 Å². The predicted molar refractivity (Wildman–Crippen MR) is 118 cm³/mol. The third-order valence-corrected chi connectivity index (χ3v) is 4.54. The number of ether oxygens (including phenoxy) is 1. The zero-order valence-corrected chi connectivity index (χ0v) is 17.8. The normalized spacial score (nSPS) is 11.7. The maximum atomic E-state index is 13.3. The monoisotopic (exact) mass is 422 g/mol. The van der Waals surface area contributed by atoms with Crippen LogP contribution in [0, 0.1) is 6.92 Å². The lowest BCUT2D eigenvalue weighted by Crippen LogP contribution is -2.39. The third-order valence-electron chi connectivity index (χ3n) is 4.54. The Morgan fingerprint density at radius 1 is 1.10 bits per heavy atom. The second kappa shape index (κ2) is 10.4. The zero-order valence-electron chi connectivity index (χ0n) is 17.8. The van der Waals surface area contributed by atoms with E-state index < -0.39 is 6.04 Å². The molecule has 8 heteroatoms. The van der Waals surface area contributed by atoms with Gasteiger partial charge in [-0.1, -0.05) is 47.6 Å². The average molecular weight is 422 g/mol. The van der Waals surface area contributed by atoms with Crippen molar-refractivity contribution in [2.24, 2.45) is 0 Å². The van der Waals surface area contributed by atoms with Crippen LogP contribution in [0.5, 0.6) is 5.75 Å². The van der Waals surface area contributed by atoms with Crippen LogP contribution in [0.2, 0.25) is 0 Å². The molecule has 0 saturated carbocycles. The summed E-state index contributed by atoms with van der Waals surface area (Å²) in [6.45, 7) is 4.08. The van der Waals surface area contributed by atoms with E-state index in [0.29, 0.717) is 29.6 Å². The molecule has 0 spiro atoms. The number of hydrogen-bond donors (Lipinski definition) is 2. The van der Waals surface area contributed by atoms with Crippen molar-refractivity contribution in [3.05, 3.63) is 72.0 Å². The number of carbonyl (C=O) groups is 2. The maximum absolute atomic E-state index is 13.3. The van der Waals surface area contributed by atoms with Gasteiger partial charge in [-0.15, -0.1) is 0 Å². The first kappa shape index (κ1) is 22.0. The van der Waals surface area contributed by atoms with E-state index >= 15 is 0 Å². The van der Waals surface area contributed by atoms with E-state index in [9.17, 15) is 9.59 Å². The van der Waals surface area contributed by atoms with Gasteiger partial charge in [-0.3, -0.25) is 14.5 Å². The summed E-state index contributed by atoms with van der Waals surface area (Å²) in [4.78, 5) is 27.5. The number of nitrogens with one attached hydrogen (secondary N) is 2. The average Bonchev–Trinajstić information content (AvgIpc) is 3.15. The van der Waals surface area contributed by atoms with E-state index in [1.54, 1.807) is 37.1 Å². The quantitative estimate of drug-likeness (QED) is 0.547. The molecule has 0 aliphatic rings. The molecule has 0 fully saturated rings. The van der Waals surface area contributed by atoms with Crippen LogP contribution in [-0.4, -0.2) is 42.1 Å². The van der Waals surface area contributed by atoms with Crippen LogP contribution in [-0.2, 0) is 9.59 Å². The highest BCUT2D eigenvalue weighted by atomic mass is 16.5. The number of amides is 2. The first-order valence-corrected chi connectivity index (χ1v) is 9.99. The largest absolute Gasteiger partial charge is 0.492 e. The van der Waals surface area contributed by atoms with E-state index in [1.807, 2.05) is 49.4 Å². The summed E-state index contributed by atoms with van der Waals surface area (Å²) in [6, 6.07) is 17.5. The van der Waals surface area contributed by atoms with Gasteiger partial charge in [0, 0.05) is 6.07 Å². The van der Waals surface area contributed by atoms with E-state index in [4.69, 9.17) is 9.26 Å². The lowest BCUT2D eigenvalue weighted by atomic mass is 10.0.